The molecule has 0 aliphatic carbocycles. The standard InChI is InChI=1S/C16H13NOS/c1-18-12-8-6-11(7-9-12)10-14-13-4-2-3-5-15(13)17-16(14)19/h2-10H,1H3,(H,17,19)/b14-10+. The first-order valence-corrected chi connectivity index (χ1v) is 6.45. The van der Waals surface area contributed by atoms with Gasteiger partial charge in [0, 0.05) is 16.8 Å². The summed E-state index contributed by atoms with van der Waals surface area (Å²) in [5, 5.41) is 3.23. The van der Waals surface area contributed by atoms with Crippen molar-refractivity contribution in [3.8, 4) is 5.75 Å². The Bertz CT molecular complexity index is 659. The highest BCUT2D eigenvalue weighted by atomic mass is 32.1. The summed E-state index contributed by atoms with van der Waals surface area (Å²) in [4.78, 5) is 0.775. The molecule has 0 bridgehead atoms. The molecule has 2 aromatic rings. The van der Waals surface area contributed by atoms with Crippen molar-refractivity contribution in [2.24, 2.45) is 0 Å². The van der Waals surface area contributed by atoms with Gasteiger partial charge < -0.3 is 10.1 Å². The maximum Gasteiger partial charge on any atom is 0.118 e. The fourth-order valence-electron chi connectivity index (χ4n) is 2.15. The molecule has 2 nitrogen and oxygen atoms in total. The monoisotopic (exact) mass is 267 g/mol. The second-order valence-corrected chi connectivity index (χ2v) is 4.74. The van der Waals surface area contributed by atoms with Crippen LogP contribution in [-0.2, 0) is 0 Å². The lowest BCUT2D eigenvalue weighted by molar-refractivity contribution is 0.415. The zero-order chi connectivity index (χ0) is 13.2. The molecule has 0 radical (unpaired) electrons. The van der Waals surface area contributed by atoms with Crippen LogP contribution < -0.4 is 10.1 Å². The molecule has 0 amide bonds. The van der Waals surface area contributed by atoms with E-state index in [1.807, 2.05) is 42.5 Å². The third-order valence-electron chi connectivity index (χ3n) is 3.14. The fraction of sp³-hybridized carbons (Fsp3) is 0.0625. The van der Waals surface area contributed by atoms with Gasteiger partial charge in [0.05, 0.1) is 7.11 Å². The van der Waals surface area contributed by atoms with Gasteiger partial charge in [-0.3, -0.25) is 0 Å². The fourth-order valence-corrected chi connectivity index (χ4v) is 2.43. The van der Waals surface area contributed by atoms with E-state index in [0.29, 0.717) is 0 Å². The smallest absolute Gasteiger partial charge is 0.118 e. The highest BCUT2D eigenvalue weighted by Crippen LogP contribution is 2.33. The van der Waals surface area contributed by atoms with Gasteiger partial charge in [-0.15, -0.1) is 0 Å². The van der Waals surface area contributed by atoms with Crippen molar-refractivity contribution in [2.45, 2.75) is 0 Å². The van der Waals surface area contributed by atoms with Crippen LogP contribution in [0.1, 0.15) is 11.1 Å². The number of ether oxygens (including phenoxy) is 1. The lowest BCUT2D eigenvalue weighted by Gasteiger charge is -2.02. The molecule has 19 heavy (non-hydrogen) atoms. The van der Waals surface area contributed by atoms with Crippen LogP contribution in [0.15, 0.2) is 48.5 Å². The molecule has 0 spiro atoms. The summed E-state index contributed by atoms with van der Waals surface area (Å²) in [5.74, 6) is 0.856. The number of thiocarbonyl (C=S) groups is 1. The molecule has 1 N–H and O–H groups in total. The number of nitrogens with one attached hydrogen (secondary N) is 1. The Morgan fingerprint density at radius 1 is 1.05 bits per heavy atom. The molecule has 1 aliphatic rings. The van der Waals surface area contributed by atoms with Crippen molar-refractivity contribution in [2.75, 3.05) is 12.4 Å². The van der Waals surface area contributed by atoms with E-state index in [1.54, 1.807) is 7.11 Å². The topological polar surface area (TPSA) is 21.3 Å². The highest BCUT2D eigenvalue weighted by molar-refractivity contribution is 7.81. The molecule has 3 heteroatoms. The number of rotatable bonds is 2. The molecule has 1 heterocycles. The summed E-state index contributed by atoms with van der Waals surface area (Å²) < 4.78 is 5.16. The third kappa shape index (κ3) is 2.25. The largest absolute Gasteiger partial charge is 0.497 e. The number of fused-ring (bicyclic) bond motifs is 1. The summed E-state index contributed by atoms with van der Waals surface area (Å²) in [6, 6.07) is 16.1. The van der Waals surface area contributed by atoms with Crippen LogP contribution in [0.2, 0.25) is 0 Å². The number of benzene rings is 2. The maximum absolute atomic E-state index is 5.39. The van der Waals surface area contributed by atoms with E-state index in [-0.39, 0.29) is 0 Å². The van der Waals surface area contributed by atoms with E-state index < -0.39 is 0 Å². The van der Waals surface area contributed by atoms with Gasteiger partial charge in [0.1, 0.15) is 10.7 Å². The van der Waals surface area contributed by atoms with E-state index in [2.05, 4.69) is 17.5 Å². The van der Waals surface area contributed by atoms with E-state index in [0.717, 1.165) is 33.1 Å². The molecule has 0 saturated heterocycles. The van der Waals surface area contributed by atoms with E-state index in [1.165, 1.54) is 0 Å². The zero-order valence-electron chi connectivity index (χ0n) is 10.5. The van der Waals surface area contributed by atoms with Gasteiger partial charge >= 0.3 is 0 Å². The second kappa shape index (κ2) is 4.86. The third-order valence-corrected chi connectivity index (χ3v) is 3.46. The lowest BCUT2D eigenvalue weighted by Crippen LogP contribution is -2.00. The number of anilines is 1. The summed E-state index contributed by atoms with van der Waals surface area (Å²) in [6.45, 7) is 0. The average Bonchev–Trinajstić information content (AvgIpc) is 2.76. The first-order valence-electron chi connectivity index (χ1n) is 6.04. The first kappa shape index (κ1) is 11.9. The van der Waals surface area contributed by atoms with Crippen LogP contribution in [0, 0.1) is 0 Å². The summed E-state index contributed by atoms with van der Waals surface area (Å²) in [7, 11) is 1.67. The maximum atomic E-state index is 5.39. The first-order chi connectivity index (χ1) is 9.28. The van der Waals surface area contributed by atoms with Crippen molar-refractivity contribution in [3.63, 3.8) is 0 Å². The van der Waals surface area contributed by atoms with Gasteiger partial charge in [0.15, 0.2) is 0 Å². The molecule has 3 rings (SSSR count). The Labute approximate surface area is 117 Å². The molecule has 2 aromatic carbocycles. The van der Waals surface area contributed by atoms with Gasteiger partial charge in [0.2, 0.25) is 0 Å². The Balaban J connectivity index is 2.01. The molecule has 1 aliphatic heterocycles. The van der Waals surface area contributed by atoms with Crippen LogP contribution in [0.4, 0.5) is 5.69 Å². The lowest BCUT2D eigenvalue weighted by atomic mass is 10.0. The van der Waals surface area contributed by atoms with Gasteiger partial charge in [-0.05, 0) is 29.8 Å². The number of para-hydroxylation sites is 1. The summed E-state index contributed by atoms with van der Waals surface area (Å²) >= 11 is 5.39. The number of methoxy groups -OCH3 is 1. The predicted octanol–water partition coefficient (Wildman–Crippen LogP) is 3.99. The van der Waals surface area contributed by atoms with Crippen molar-refractivity contribution in [1.82, 2.24) is 0 Å². The highest BCUT2D eigenvalue weighted by Gasteiger charge is 2.19. The Morgan fingerprint density at radius 3 is 2.53 bits per heavy atom. The molecule has 94 valence electrons. The second-order valence-electron chi connectivity index (χ2n) is 4.33. The van der Waals surface area contributed by atoms with Crippen LogP contribution in [-0.4, -0.2) is 12.1 Å². The molecule has 0 aromatic heterocycles. The quantitative estimate of drug-likeness (QED) is 0.656. The van der Waals surface area contributed by atoms with Gasteiger partial charge in [-0.1, -0.05) is 42.5 Å². The van der Waals surface area contributed by atoms with Crippen molar-refractivity contribution < 1.29 is 4.74 Å². The predicted molar refractivity (Wildman–Crippen MR) is 83.5 cm³/mol. The molecule has 0 fully saturated rings. The molecule has 0 atom stereocenters. The van der Waals surface area contributed by atoms with Crippen molar-refractivity contribution in [1.29, 1.82) is 0 Å². The average molecular weight is 267 g/mol. The SMILES string of the molecule is COc1ccc(/C=C2/C(=S)Nc3ccccc32)cc1. The summed E-state index contributed by atoms with van der Waals surface area (Å²) in [5.41, 5.74) is 4.41. The Morgan fingerprint density at radius 2 is 1.79 bits per heavy atom. The molecular formula is C16H13NOS. The van der Waals surface area contributed by atoms with E-state index >= 15 is 0 Å². The van der Waals surface area contributed by atoms with Crippen LogP contribution in [0.25, 0.3) is 11.6 Å². The van der Waals surface area contributed by atoms with Crippen LogP contribution in [0.5, 0.6) is 5.75 Å². The number of hydrogen-bond donors (Lipinski definition) is 1. The van der Waals surface area contributed by atoms with Crippen LogP contribution in [0.3, 0.4) is 0 Å². The van der Waals surface area contributed by atoms with E-state index in [9.17, 15) is 0 Å². The molecule has 0 unspecified atom stereocenters. The van der Waals surface area contributed by atoms with E-state index in [4.69, 9.17) is 17.0 Å². The minimum absolute atomic E-state index is 0.775. The Kier molecular flexibility index (Phi) is 3.05. The number of hydrogen-bond acceptors (Lipinski definition) is 2. The minimum Gasteiger partial charge on any atom is -0.497 e. The summed E-state index contributed by atoms with van der Waals surface area (Å²) in [6.07, 6.45) is 2.10. The van der Waals surface area contributed by atoms with Crippen LogP contribution >= 0.6 is 12.2 Å². The van der Waals surface area contributed by atoms with Gasteiger partial charge in [0.25, 0.3) is 0 Å². The zero-order valence-corrected chi connectivity index (χ0v) is 11.3. The van der Waals surface area contributed by atoms with Crippen molar-refractivity contribution in [3.05, 3.63) is 59.7 Å². The molecule has 0 saturated carbocycles. The normalized spacial score (nSPS) is 15.2. The Hall–Kier alpha value is -2.13. The minimum atomic E-state index is 0.775. The van der Waals surface area contributed by atoms with Gasteiger partial charge in [-0.2, -0.15) is 0 Å². The van der Waals surface area contributed by atoms with Crippen molar-refractivity contribution >= 4 is 34.5 Å². The van der Waals surface area contributed by atoms with Gasteiger partial charge in [-0.25, -0.2) is 0 Å². The molecular weight excluding hydrogens is 254 g/mol.